The Balaban J connectivity index is 1.72. The first kappa shape index (κ1) is 19.2. The lowest BCUT2D eigenvalue weighted by molar-refractivity contribution is 0.102. The highest BCUT2D eigenvalue weighted by Crippen LogP contribution is 2.20. The van der Waals surface area contributed by atoms with Crippen LogP contribution in [-0.2, 0) is 11.3 Å². The Morgan fingerprint density at radius 3 is 2.14 bits per heavy atom. The van der Waals surface area contributed by atoms with E-state index in [-0.39, 0.29) is 5.91 Å². The van der Waals surface area contributed by atoms with Crippen molar-refractivity contribution >= 4 is 23.4 Å². The lowest BCUT2D eigenvalue weighted by Crippen LogP contribution is -2.14. The van der Waals surface area contributed by atoms with Gasteiger partial charge < -0.3 is 14.6 Å². The number of benzene rings is 2. The normalized spacial score (nSPS) is 10.4. The van der Waals surface area contributed by atoms with Crippen LogP contribution in [0.1, 0.15) is 27.3 Å². The Bertz CT molecular complexity index is 976. The van der Waals surface area contributed by atoms with Crippen molar-refractivity contribution in [1.82, 2.24) is 4.57 Å². The first-order chi connectivity index (χ1) is 13.5. The van der Waals surface area contributed by atoms with Gasteiger partial charge in [-0.25, -0.2) is 4.79 Å². The van der Waals surface area contributed by atoms with Gasteiger partial charge in [-0.2, -0.15) is 0 Å². The molecule has 1 aromatic heterocycles. The molecule has 1 heterocycles. The lowest BCUT2D eigenvalue weighted by atomic mass is 10.2. The molecule has 2 aromatic carbocycles. The Hall–Kier alpha value is -3.54. The second-order valence-corrected chi connectivity index (χ2v) is 6.50. The van der Waals surface area contributed by atoms with Gasteiger partial charge in [-0.05, 0) is 49.7 Å². The maximum absolute atomic E-state index is 12.7. The monoisotopic (exact) mass is 377 g/mol. The summed E-state index contributed by atoms with van der Waals surface area (Å²) in [6.07, 6.45) is -0.539. The molecule has 0 saturated heterocycles. The number of amides is 2. The van der Waals surface area contributed by atoms with Gasteiger partial charge in [0.1, 0.15) is 0 Å². The number of carbonyl (C=O) groups excluding carboxylic acids is 2. The topological polar surface area (TPSA) is 72.4 Å². The van der Waals surface area contributed by atoms with Crippen molar-refractivity contribution in [2.75, 3.05) is 17.7 Å². The molecule has 0 bridgehead atoms. The molecule has 28 heavy (non-hydrogen) atoms. The molecule has 3 aromatic rings. The summed E-state index contributed by atoms with van der Waals surface area (Å²) in [5, 5.41) is 5.47. The number of carbonyl (C=O) groups is 2. The summed E-state index contributed by atoms with van der Waals surface area (Å²) in [5.41, 5.74) is 5.02. The van der Waals surface area contributed by atoms with Crippen LogP contribution in [0.5, 0.6) is 0 Å². The molecule has 3 rings (SSSR count). The van der Waals surface area contributed by atoms with Gasteiger partial charge in [0.05, 0.1) is 12.7 Å². The second kappa shape index (κ2) is 8.43. The van der Waals surface area contributed by atoms with Crippen molar-refractivity contribution in [3.05, 3.63) is 83.2 Å². The van der Waals surface area contributed by atoms with Crippen LogP contribution in [0.25, 0.3) is 0 Å². The van der Waals surface area contributed by atoms with Crippen molar-refractivity contribution in [3.8, 4) is 0 Å². The van der Waals surface area contributed by atoms with Crippen molar-refractivity contribution in [3.63, 3.8) is 0 Å². The van der Waals surface area contributed by atoms with Gasteiger partial charge in [0.25, 0.3) is 5.91 Å². The number of ether oxygens (including phenoxy) is 1. The third-order valence-corrected chi connectivity index (χ3v) is 4.58. The molecule has 0 radical (unpaired) electrons. The van der Waals surface area contributed by atoms with Crippen LogP contribution in [-0.4, -0.2) is 23.7 Å². The maximum atomic E-state index is 12.7. The van der Waals surface area contributed by atoms with E-state index in [2.05, 4.69) is 32.1 Å². The van der Waals surface area contributed by atoms with Gasteiger partial charge in [-0.15, -0.1) is 0 Å². The summed E-state index contributed by atoms with van der Waals surface area (Å²) in [6.45, 7) is 4.67. The van der Waals surface area contributed by atoms with Crippen LogP contribution < -0.4 is 10.6 Å². The fraction of sp³-hybridized carbons (Fsp3) is 0.182. The first-order valence-corrected chi connectivity index (χ1v) is 8.95. The molecule has 144 valence electrons. The molecular formula is C22H23N3O3. The molecule has 6 heteroatoms. The Kier molecular flexibility index (Phi) is 5.79. The molecule has 0 aliphatic rings. The van der Waals surface area contributed by atoms with E-state index in [1.807, 2.05) is 38.1 Å². The molecular weight excluding hydrogens is 354 g/mol. The van der Waals surface area contributed by atoms with Crippen LogP contribution in [0.2, 0.25) is 0 Å². The van der Waals surface area contributed by atoms with Crippen molar-refractivity contribution < 1.29 is 14.3 Å². The van der Waals surface area contributed by atoms with Gasteiger partial charge >= 0.3 is 6.09 Å². The second-order valence-electron chi connectivity index (χ2n) is 6.50. The van der Waals surface area contributed by atoms with Gasteiger partial charge in [-0.1, -0.05) is 30.3 Å². The molecule has 0 atom stereocenters. The largest absolute Gasteiger partial charge is 0.453 e. The first-order valence-electron chi connectivity index (χ1n) is 8.95. The van der Waals surface area contributed by atoms with E-state index in [1.54, 1.807) is 24.3 Å². The van der Waals surface area contributed by atoms with E-state index >= 15 is 0 Å². The molecule has 2 N–H and O–H groups in total. The van der Waals surface area contributed by atoms with E-state index in [0.717, 1.165) is 17.9 Å². The quantitative estimate of drug-likeness (QED) is 0.683. The fourth-order valence-corrected chi connectivity index (χ4v) is 3.04. The Morgan fingerprint density at radius 2 is 1.54 bits per heavy atom. The highest BCUT2D eigenvalue weighted by molar-refractivity contribution is 6.05. The summed E-state index contributed by atoms with van der Waals surface area (Å²) in [7, 11) is 1.30. The van der Waals surface area contributed by atoms with E-state index in [9.17, 15) is 9.59 Å². The van der Waals surface area contributed by atoms with Crippen LogP contribution in [0, 0.1) is 13.8 Å². The van der Waals surface area contributed by atoms with Gasteiger partial charge in [0, 0.05) is 29.3 Å². The molecule has 0 aliphatic heterocycles. The van der Waals surface area contributed by atoms with Crippen LogP contribution >= 0.6 is 0 Å². The number of hydrogen-bond donors (Lipinski definition) is 2. The Labute approximate surface area is 164 Å². The summed E-state index contributed by atoms with van der Waals surface area (Å²) in [6, 6.07) is 18.9. The minimum absolute atomic E-state index is 0.166. The molecule has 2 amide bonds. The minimum Gasteiger partial charge on any atom is -0.453 e. The number of nitrogens with one attached hydrogen (secondary N) is 2. The molecule has 0 spiro atoms. The zero-order valence-electron chi connectivity index (χ0n) is 16.2. The van der Waals surface area contributed by atoms with Gasteiger partial charge in [0.2, 0.25) is 0 Å². The number of rotatable bonds is 5. The predicted molar refractivity (Wildman–Crippen MR) is 110 cm³/mol. The third-order valence-electron chi connectivity index (χ3n) is 4.58. The summed E-state index contributed by atoms with van der Waals surface area (Å²) < 4.78 is 6.69. The third kappa shape index (κ3) is 4.40. The SMILES string of the molecule is COC(=O)Nc1ccc(NC(=O)c2cc(C)n(Cc3ccccc3)c2C)cc1. The average molecular weight is 377 g/mol. The van der Waals surface area contributed by atoms with E-state index < -0.39 is 6.09 Å². The zero-order chi connectivity index (χ0) is 20.1. The molecule has 0 fully saturated rings. The number of nitrogens with zero attached hydrogens (tertiary/aromatic N) is 1. The number of anilines is 2. The van der Waals surface area contributed by atoms with E-state index in [4.69, 9.17) is 0 Å². The molecule has 0 unspecified atom stereocenters. The summed E-state index contributed by atoms with van der Waals surface area (Å²) in [4.78, 5) is 24.0. The van der Waals surface area contributed by atoms with Gasteiger partial charge in [-0.3, -0.25) is 10.1 Å². The minimum atomic E-state index is -0.539. The number of methoxy groups -OCH3 is 1. The van der Waals surface area contributed by atoms with E-state index in [0.29, 0.717) is 16.9 Å². The van der Waals surface area contributed by atoms with Crippen LogP contribution in [0.3, 0.4) is 0 Å². The fourth-order valence-electron chi connectivity index (χ4n) is 3.04. The van der Waals surface area contributed by atoms with Crippen molar-refractivity contribution in [2.24, 2.45) is 0 Å². The molecule has 6 nitrogen and oxygen atoms in total. The average Bonchev–Trinajstić information content (AvgIpc) is 2.98. The highest BCUT2D eigenvalue weighted by Gasteiger charge is 2.16. The molecule has 0 aliphatic carbocycles. The standard InChI is InChI=1S/C22H23N3O3/c1-15-13-20(16(2)25(15)14-17-7-5-4-6-8-17)21(26)23-18-9-11-19(12-10-18)24-22(27)28-3/h4-13H,14H2,1-3H3,(H,23,26)(H,24,27). The number of aromatic nitrogens is 1. The number of hydrogen-bond acceptors (Lipinski definition) is 3. The molecule has 0 saturated carbocycles. The van der Waals surface area contributed by atoms with Crippen molar-refractivity contribution in [2.45, 2.75) is 20.4 Å². The summed E-state index contributed by atoms with van der Waals surface area (Å²) in [5.74, 6) is -0.166. The highest BCUT2D eigenvalue weighted by atomic mass is 16.5. The van der Waals surface area contributed by atoms with Gasteiger partial charge in [0.15, 0.2) is 0 Å². The van der Waals surface area contributed by atoms with Crippen LogP contribution in [0.15, 0.2) is 60.7 Å². The summed E-state index contributed by atoms with van der Waals surface area (Å²) >= 11 is 0. The predicted octanol–water partition coefficient (Wildman–Crippen LogP) is 4.58. The lowest BCUT2D eigenvalue weighted by Gasteiger charge is -2.10. The van der Waals surface area contributed by atoms with Crippen molar-refractivity contribution in [1.29, 1.82) is 0 Å². The smallest absolute Gasteiger partial charge is 0.411 e. The number of aryl methyl sites for hydroxylation is 1. The van der Waals surface area contributed by atoms with Crippen LogP contribution in [0.4, 0.5) is 16.2 Å². The maximum Gasteiger partial charge on any atom is 0.411 e. The van der Waals surface area contributed by atoms with E-state index in [1.165, 1.54) is 12.7 Å². The Morgan fingerprint density at radius 1 is 0.929 bits per heavy atom. The zero-order valence-corrected chi connectivity index (χ0v) is 16.2.